The SMILES string of the molecule is CCOC(=O)C1(C(C)=O)[Se]c2ccccc2[Se]1. The maximum absolute atomic E-state index is 12.1. The fraction of sp³-hybridized carbons (Fsp3) is 0.333. The summed E-state index contributed by atoms with van der Waals surface area (Å²) in [6, 6.07) is 7.94. The third kappa shape index (κ3) is 2.21. The molecule has 0 fully saturated rings. The molecule has 0 aromatic heterocycles. The summed E-state index contributed by atoms with van der Waals surface area (Å²) in [4.78, 5) is 23.9. The average Bonchev–Trinajstić information content (AvgIpc) is 2.69. The molecule has 0 saturated heterocycles. The van der Waals surface area contributed by atoms with E-state index in [2.05, 4.69) is 0 Å². The third-order valence-corrected chi connectivity index (χ3v) is 10.4. The molecule has 0 spiro atoms. The van der Waals surface area contributed by atoms with E-state index in [1.165, 1.54) is 15.8 Å². The molecule has 90 valence electrons. The van der Waals surface area contributed by atoms with Gasteiger partial charge in [-0.05, 0) is 0 Å². The second kappa shape index (κ2) is 4.95. The van der Waals surface area contributed by atoms with Crippen LogP contribution in [0.25, 0.3) is 0 Å². The van der Waals surface area contributed by atoms with Crippen molar-refractivity contribution >= 4 is 50.6 Å². The molecule has 0 saturated carbocycles. The van der Waals surface area contributed by atoms with E-state index in [4.69, 9.17) is 4.74 Å². The summed E-state index contributed by atoms with van der Waals surface area (Å²) >= 11 is -0.274. The van der Waals surface area contributed by atoms with Gasteiger partial charge in [-0.25, -0.2) is 0 Å². The first-order chi connectivity index (χ1) is 8.10. The minimum absolute atomic E-state index is 0.0489. The van der Waals surface area contributed by atoms with Gasteiger partial charge in [0, 0.05) is 0 Å². The van der Waals surface area contributed by atoms with Crippen LogP contribution in [0.15, 0.2) is 24.3 Å². The topological polar surface area (TPSA) is 43.4 Å². The predicted molar refractivity (Wildman–Crippen MR) is 67.2 cm³/mol. The van der Waals surface area contributed by atoms with Crippen molar-refractivity contribution in [2.75, 3.05) is 6.61 Å². The van der Waals surface area contributed by atoms with Crippen LogP contribution < -0.4 is 8.92 Å². The van der Waals surface area contributed by atoms with Crippen LogP contribution >= 0.6 is 0 Å². The summed E-state index contributed by atoms with van der Waals surface area (Å²) in [5.74, 6) is -0.379. The van der Waals surface area contributed by atoms with Gasteiger partial charge in [-0.2, -0.15) is 0 Å². The minimum atomic E-state index is -0.861. The molecule has 2 rings (SSSR count). The predicted octanol–water partition coefficient (Wildman–Crippen LogP) is -0.373. The summed E-state index contributed by atoms with van der Waals surface area (Å²) in [5.41, 5.74) is 0. The van der Waals surface area contributed by atoms with Gasteiger partial charge >= 0.3 is 113 Å². The first-order valence-corrected chi connectivity index (χ1v) is 8.68. The van der Waals surface area contributed by atoms with E-state index in [9.17, 15) is 9.59 Å². The Bertz CT molecular complexity index is 446. The van der Waals surface area contributed by atoms with Crippen molar-refractivity contribution in [3.63, 3.8) is 0 Å². The molecule has 0 atom stereocenters. The average molecular weight is 362 g/mol. The molecule has 17 heavy (non-hydrogen) atoms. The first kappa shape index (κ1) is 12.8. The zero-order valence-corrected chi connectivity index (χ0v) is 13.0. The third-order valence-electron chi connectivity index (χ3n) is 2.36. The zero-order valence-electron chi connectivity index (χ0n) is 9.56. The van der Waals surface area contributed by atoms with Gasteiger partial charge in [0.1, 0.15) is 0 Å². The van der Waals surface area contributed by atoms with E-state index >= 15 is 0 Å². The standard InChI is InChI=1S/C12H12O3Se2/c1-3-15-11(14)12(8(2)13)16-9-6-4-5-7-10(9)17-12/h4-7H,3H2,1-2H3. The molecule has 1 aromatic rings. The van der Waals surface area contributed by atoms with Gasteiger partial charge in [-0.15, -0.1) is 0 Å². The molecular formula is C12H12O3Se2. The van der Waals surface area contributed by atoms with Crippen molar-refractivity contribution in [2.45, 2.75) is 17.1 Å². The molecular weight excluding hydrogens is 350 g/mol. The number of ether oxygens (including phenoxy) is 1. The Hall–Kier alpha value is -0.601. The van der Waals surface area contributed by atoms with Gasteiger partial charge in [0.05, 0.1) is 0 Å². The number of hydrogen-bond donors (Lipinski definition) is 0. The number of carbonyl (C=O) groups excluding carboxylic acids is 2. The maximum atomic E-state index is 12.1. The number of benzene rings is 1. The number of carbonyl (C=O) groups is 2. The van der Waals surface area contributed by atoms with Gasteiger partial charge in [-0.1, -0.05) is 0 Å². The Labute approximate surface area is 113 Å². The number of ketones is 1. The molecule has 0 amide bonds. The quantitative estimate of drug-likeness (QED) is 0.419. The van der Waals surface area contributed by atoms with Gasteiger partial charge < -0.3 is 0 Å². The second-order valence-electron chi connectivity index (χ2n) is 3.54. The van der Waals surface area contributed by atoms with E-state index in [1.807, 2.05) is 24.3 Å². The Morgan fingerprint density at radius 3 is 2.18 bits per heavy atom. The molecule has 0 bridgehead atoms. The van der Waals surface area contributed by atoms with Gasteiger partial charge in [0.25, 0.3) is 0 Å². The normalized spacial score (nSPS) is 16.4. The Kier molecular flexibility index (Phi) is 3.74. The molecule has 0 N–H and O–H groups in total. The molecule has 1 aliphatic rings. The van der Waals surface area contributed by atoms with Gasteiger partial charge in [-0.3, -0.25) is 0 Å². The van der Waals surface area contributed by atoms with Crippen molar-refractivity contribution in [2.24, 2.45) is 0 Å². The monoisotopic (exact) mass is 364 g/mol. The van der Waals surface area contributed by atoms with Crippen LogP contribution in [0.1, 0.15) is 13.8 Å². The summed E-state index contributed by atoms with van der Waals surface area (Å²) in [7, 11) is 0. The number of hydrogen-bond acceptors (Lipinski definition) is 3. The number of Topliss-reactive ketones (excluding diaryl/α,β-unsaturated/α-hetero) is 1. The van der Waals surface area contributed by atoms with Crippen LogP contribution in [0.4, 0.5) is 0 Å². The van der Waals surface area contributed by atoms with Crippen LogP contribution in [-0.4, -0.2) is 48.3 Å². The van der Waals surface area contributed by atoms with Gasteiger partial charge in [0.2, 0.25) is 0 Å². The van der Waals surface area contributed by atoms with Crippen molar-refractivity contribution < 1.29 is 14.3 Å². The Morgan fingerprint density at radius 2 is 1.76 bits per heavy atom. The van der Waals surface area contributed by atoms with E-state index in [0.717, 1.165) is 0 Å². The van der Waals surface area contributed by atoms with Gasteiger partial charge in [0.15, 0.2) is 0 Å². The van der Waals surface area contributed by atoms with Crippen LogP contribution in [0.3, 0.4) is 0 Å². The molecule has 1 aliphatic heterocycles. The molecule has 1 aromatic carbocycles. The second-order valence-corrected chi connectivity index (χ2v) is 10.1. The van der Waals surface area contributed by atoms with E-state index in [1.54, 1.807) is 6.92 Å². The van der Waals surface area contributed by atoms with Crippen molar-refractivity contribution in [3.8, 4) is 0 Å². The van der Waals surface area contributed by atoms with Crippen molar-refractivity contribution in [1.29, 1.82) is 0 Å². The number of fused-ring (bicyclic) bond motifs is 1. The summed E-state index contributed by atoms with van der Waals surface area (Å²) in [6.45, 7) is 3.61. The molecule has 1 heterocycles. The first-order valence-electron chi connectivity index (χ1n) is 5.25. The Morgan fingerprint density at radius 1 is 1.24 bits per heavy atom. The number of esters is 1. The van der Waals surface area contributed by atoms with Crippen LogP contribution in [0, 0.1) is 0 Å². The van der Waals surface area contributed by atoms with E-state index < -0.39 is 3.21 Å². The van der Waals surface area contributed by atoms with Crippen LogP contribution in [0.2, 0.25) is 3.21 Å². The molecule has 5 heteroatoms. The summed E-state index contributed by atoms with van der Waals surface area (Å²) < 4.78 is 6.57. The number of rotatable bonds is 3. The zero-order chi connectivity index (χ0) is 12.5. The summed E-state index contributed by atoms with van der Waals surface area (Å²) in [6.07, 6.45) is 0. The van der Waals surface area contributed by atoms with Crippen LogP contribution in [0.5, 0.6) is 0 Å². The fourth-order valence-corrected chi connectivity index (χ4v) is 8.78. The molecule has 3 nitrogen and oxygen atoms in total. The van der Waals surface area contributed by atoms with E-state index in [0.29, 0.717) is 6.61 Å². The molecule has 0 unspecified atom stereocenters. The fourth-order valence-electron chi connectivity index (χ4n) is 1.55. The summed E-state index contributed by atoms with van der Waals surface area (Å²) in [5, 5.41) is 0. The molecule has 0 aliphatic carbocycles. The van der Waals surface area contributed by atoms with Crippen molar-refractivity contribution in [1.82, 2.24) is 0 Å². The van der Waals surface area contributed by atoms with Crippen LogP contribution in [-0.2, 0) is 14.3 Å². The Balaban J connectivity index is 2.36. The molecule has 0 radical (unpaired) electrons. The van der Waals surface area contributed by atoms with E-state index in [-0.39, 0.29) is 41.7 Å². The van der Waals surface area contributed by atoms with Crippen molar-refractivity contribution in [3.05, 3.63) is 24.3 Å².